The average molecular weight is 288 g/mol. The number of carbonyl (C=O) groups excluding carboxylic acids is 1. The molecule has 1 atom stereocenters. The summed E-state index contributed by atoms with van der Waals surface area (Å²) in [6.07, 6.45) is 5.35. The van der Waals surface area contributed by atoms with Gasteiger partial charge in [-0.25, -0.2) is 0 Å². The third kappa shape index (κ3) is 3.29. The Balaban J connectivity index is 2.15. The van der Waals surface area contributed by atoms with Gasteiger partial charge in [-0.2, -0.15) is 0 Å². The fraction of sp³-hybridized carbons (Fsp3) is 0.611. The van der Waals surface area contributed by atoms with Gasteiger partial charge in [0.15, 0.2) is 0 Å². The highest BCUT2D eigenvalue weighted by Crippen LogP contribution is 2.38. The van der Waals surface area contributed by atoms with Gasteiger partial charge in [0.05, 0.1) is 11.5 Å². The summed E-state index contributed by atoms with van der Waals surface area (Å²) in [5.41, 5.74) is 8.08. The van der Waals surface area contributed by atoms with Crippen molar-refractivity contribution in [3.8, 4) is 0 Å². The van der Waals surface area contributed by atoms with E-state index in [-0.39, 0.29) is 17.4 Å². The summed E-state index contributed by atoms with van der Waals surface area (Å²) in [5, 5.41) is 0. The Hall–Kier alpha value is -1.35. The van der Waals surface area contributed by atoms with E-state index in [9.17, 15) is 4.79 Å². The summed E-state index contributed by atoms with van der Waals surface area (Å²) in [4.78, 5) is 14.9. The van der Waals surface area contributed by atoms with Crippen LogP contribution < -0.4 is 5.73 Å². The third-order valence-corrected chi connectivity index (χ3v) is 5.12. The van der Waals surface area contributed by atoms with Gasteiger partial charge >= 0.3 is 0 Å². The minimum atomic E-state index is -0.327. The molecule has 1 aliphatic rings. The summed E-state index contributed by atoms with van der Waals surface area (Å²) in [6.45, 7) is 4.64. The zero-order valence-electron chi connectivity index (χ0n) is 13.6. The van der Waals surface area contributed by atoms with Crippen LogP contribution >= 0.6 is 0 Å². The third-order valence-electron chi connectivity index (χ3n) is 5.12. The molecule has 1 unspecified atom stereocenters. The first-order valence-corrected chi connectivity index (χ1v) is 8.04. The Bertz CT molecular complexity index is 474. The number of hydrogen-bond acceptors (Lipinski definition) is 2. The number of rotatable bonds is 4. The van der Waals surface area contributed by atoms with Crippen molar-refractivity contribution < 1.29 is 4.79 Å². The Labute approximate surface area is 128 Å². The van der Waals surface area contributed by atoms with E-state index in [1.165, 1.54) is 17.5 Å². The number of benzene rings is 1. The van der Waals surface area contributed by atoms with Gasteiger partial charge in [-0.05, 0) is 32.3 Å². The van der Waals surface area contributed by atoms with E-state index in [2.05, 4.69) is 38.1 Å². The van der Waals surface area contributed by atoms with Crippen LogP contribution in [0.5, 0.6) is 0 Å². The molecule has 116 valence electrons. The van der Waals surface area contributed by atoms with Gasteiger partial charge in [-0.15, -0.1) is 0 Å². The quantitative estimate of drug-likeness (QED) is 0.922. The highest BCUT2D eigenvalue weighted by molar-refractivity contribution is 5.83. The van der Waals surface area contributed by atoms with Gasteiger partial charge in [0.2, 0.25) is 5.91 Å². The topological polar surface area (TPSA) is 46.3 Å². The molecule has 0 bridgehead atoms. The van der Waals surface area contributed by atoms with Gasteiger partial charge in [0.25, 0.3) is 0 Å². The Morgan fingerprint density at radius 3 is 2.33 bits per heavy atom. The van der Waals surface area contributed by atoms with E-state index in [1.54, 1.807) is 0 Å². The lowest BCUT2D eigenvalue weighted by molar-refractivity contribution is -0.144. The maximum atomic E-state index is 13.0. The van der Waals surface area contributed by atoms with Crippen molar-refractivity contribution in [2.24, 2.45) is 11.1 Å². The van der Waals surface area contributed by atoms with Crippen LogP contribution in [0, 0.1) is 12.3 Å². The molecule has 1 amide bonds. The normalized spacial score (nSPS) is 19.0. The van der Waals surface area contributed by atoms with Crippen LogP contribution in [0.4, 0.5) is 0 Å². The van der Waals surface area contributed by atoms with Gasteiger partial charge in [0.1, 0.15) is 0 Å². The summed E-state index contributed by atoms with van der Waals surface area (Å²) in [5.74, 6) is 0.220. The van der Waals surface area contributed by atoms with Crippen LogP contribution in [-0.2, 0) is 4.79 Å². The number of hydrogen-bond donors (Lipinski definition) is 1. The number of carbonyl (C=O) groups is 1. The molecule has 0 aliphatic heterocycles. The highest BCUT2D eigenvalue weighted by atomic mass is 16.2. The maximum absolute atomic E-state index is 13.0. The van der Waals surface area contributed by atoms with Crippen molar-refractivity contribution >= 4 is 5.91 Å². The Kier molecular flexibility index (Phi) is 5.04. The first-order chi connectivity index (χ1) is 10.00. The van der Waals surface area contributed by atoms with Crippen molar-refractivity contribution in [1.29, 1.82) is 0 Å². The van der Waals surface area contributed by atoms with E-state index < -0.39 is 0 Å². The molecule has 2 rings (SSSR count). The van der Waals surface area contributed by atoms with Gasteiger partial charge in [-0.1, -0.05) is 49.1 Å². The van der Waals surface area contributed by atoms with Gasteiger partial charge in [-0.3, -0.25) is 4.79 Å². The second kappa shape index (κ2) is 6.61. The Morgan fingerprint density at radius 2 is 1.81 bits per heavy atom. The molecule has 0 heterocycles. The second-order valence-electron chi connectivity index (χ2n) is 6.55. The van der Waals surface area contributed by atoms with E-state index >= 15 is 0 Å². The second-order valence-corrected chi connectivity index (χ2v) is 6.55. The predicted molar refractivity (Wildman–Crippen MR) is 86.9 cm³/mol. The fourth-order valence-corrected chi connectivity index (χ4v) is 3.35. The van der Waals surface area contributed by atoms with Crippen molar-refractivity contribution in [3.05, 3.63) is 35.4 Å². The molecule has 0 spiro atoms. The lowest BCUT2D eigenvalue weighted by Crippen LogP contribution is -2.48. The molecule has 1 fully saturated rings. The van der Waals surface area contributed by atoms with E-state index in [0.717, 1.165) is 25.7 Å². The smallest absolute Gasteiger partial charge is 0.230 e. The lowest BCUT2D eigenvalue weighted by Gasteiger charge is -2.39. The van der Waals surface area contributed by atoms with E-state index in [1.807, 2.05) is 11.9 Å². The molecule has 3 nitrogen and oxygen atoms in total. The molecular weight excluding hydrogens is 260 g/mol. The Morgan fingerprint density at radius 1 is 1.24 bits per heavy atom. The standard InChI is InChI=1S/C18H28N2O/c1-14-7-9-16(10-8-14)15(2)20(3)17(21)18(13-19)11-5-4-6-12-18/h7-10,15H,4-6,11-13,19H2,1-3H3. The molecule has 3 heteroatoms. The largest absolute Gasteiger partial charge is 0.338 e. The molecule has 1 saturated carbocycles. The zero-order valence-corrected chi connectivity index (χ0v) is 13.6. The number of nitrogens with zero attached hydrogens (tertiary/aromatic N) is 1. The molecule has 21 heavy (non-hydrogen) atoms. The molecule has 1 aliphatic carbocycles. The SMILES string of the molecule is Cc1ccc(C(C)N(C)C(=O)C2(CN)CCCCC2)cc1. The van der Waals surface area contributed by atoms with Gasteiger partial charge < -0.3 is 10.6 Å². The maximum Gasteiger partial charge on any atom is 0.230 e. The van der Waals surface area contributed by atoms with Crippen LogP contribution in [-0.4, -0.2) is 24.4 Å². The van der Waals surface area contributed by atoms with Crippen molar-refractivity contribution in [3.63, 3.8) is 0 Å². The molecule has 1 aromatic rings. The minimum Gasteiger partial charge on any atom is -0.338 e. The summed E-state index contributed by atoms with van der Waals surface area (Å²) in [7, 11) is 1.92. The van der Waals surface area contributed by atoms with Gasteiger partial charge in [0, 0.05) is 13.6 Å². The minimum absolute atomic E-state index is 0.0865. The number of amides is 1. The zero-order chi connectivity index (χ0) is 15.5. The molecular formula is C18H28N2O. The molecule has 1 aromatic carbocycles. The summed E-state index contributed by atoms with van der Waals surface area (Å²) >= 11 is 0. The first kappa shape index (κ1) is 16.0. The monoisotopic (exact) mass is 288 g/mol. The molecule has 0 radical (unpaired) electrons. The van der Waals surface area contributed by atoms with Crippen LogP contribution in [0.15, 0.2) is 24.3 Å². The highest BCUT2D eigenvalue weighted by Gasteiger charge is 2.40. The number of nitrogens with two attached hydrogens (primary N) is 1. The predicted octanol–water partition coefficient (Wildman–Crippen LogP) is 3.42. The van der Waals surface area contributed by atoms with Crippen LogP contribution in [0.2, 0.25) is 0 Å². The van der Waals surface area contributed by atoms with Crippen molar-refractivity contribution in [2.45, 2.75) is 52.0 Å². The number of aryl methyl sites for hydroxylation is 1. The van der Waals surface area contributed by atoms with Crippen LogP contribution in [0.1, 0.15) is 56.2 Å². The first-order valence-electron chi connectivity index (χ1n) is 8.04. The molecule has 2 N–H and O–H groups in total. The lowest BCUT2D eigenvalue weighted by atomic mass is 9.73. The van der Waals surface area contributed by atoms with E-state index in [0.29, 0.717) is 6.54 Å². The van der Waals surface area contributed by atoms with Crippen molar-refractivity contribution in [2.75, 3.05) is 13.6 Å². The fourth-order valence-electron chi connectivity index (χ4n) is 3.35. The summed E-state index contributed by atoms with van der Waals surface area (Å²) < 4.78 is 0. The summed E-state index contributed by atoms with van der Waals surface area (Å²) in [6, 6.07) is 8.51. The molecule has 0 saturated heterocycles. The van der Waals surface area contributed by atoms with Crippen molar-refractivity contribution in [1.82, 2.24) is 4.90 Å². The van der Waals surface area contributed by atoms with E-state index in [4.69, 9.17) is 5.73 Å². The molecule has 0 aromatic heterocycles. The van der Waals surface area contributed by atoms with Crippen LogP contribution in [0.25, 0.3) is 0 Å². The van der Waals surface area contributed by atoms with Crippen LogP contribution in [0.3, 0.4) is 0 Å². The average Bonchev–Trinajstić information content (AvgIpc) is 2.54.